The van der Waals surface area contributed by atoms with Gasteiger partial charge >= 0.3 is 0 Å². The fourth-order valence-electron chi connectivity index (χ4n) is 1.81. The van der Waals surface area contributed by atoms with Gasteiger partial charge in [-0.25, -0.2) is 9.71 Å². The summed E-state index contributed by atoms with van der Waals surface area (Å²) in [5.74, 6) is 0. The van der Waals surface area contributed by atoms with E-state index in [1.165, 1.54) is 4.31 Å². The number of aryl methyl sites for hydroxylation is 1. The van der Waals surface area contributed by atoms with Crippen molar-refractivity contribution in [3.8, 4) is 0 Å². The van der Waals surface area contributed by atoms with E-state index in [1.54, 1.807) is 11.3 Å². The van der Waals surface area contributed by atoms with Gasteiger partial charge in [-0.2, -0.15) is 12.7 Å². The summed E-state index contributed by atoms with van der Waals surface area (Å²) in [6, 6.07) is 0. The van der Waals surface area contributed by atoms with E-state index in [-0.39, 0.29) is 0 Å². The Hall–Kier alpha value is -0.540. The van der Waals surface area contributed by atoms with E-state index in [4.69, 9.17) is 0 Å². The molecule has 0 atom stereocenters. The van der Waals surface area contributed by atoms with Crippen LogP contribution in [-0.2, 0) is 16.6 Å². The molecule has 0 saturated carbocycles. The molecule has 0 bridgehead atoms. The highest BCUT2D eigenvalue weighted by Crippen LogP contribution is 2.08. The molecule has 0 spiro atoms. The Kier molecular flexibility index (Phi) is 4.68. The summed E-state index contributed by atoms with van der Waals surface area (Å²) in [4.78, 5) is 4.30. The molecule has 102 valence electrons. The van der Waals surface area contributed by atoms with Gasteiger partial charge in [0.25, 0.3) is 10.2 Å². The molecule has 1 aromatic heterocycles. The molecular formula is C10H18N4O2S2. The number of hydrogen-bond donors (Lipinski definition) is 2. The number of rotatable bonds is 5. The molecule has 1 saturated heterocycles. The average molecular weight is 290 g/mol. The van der Waals surface area contributed by atoms with Crippen molar-refractivity contribution >= 4 is 21.5 Å². The fourth-order valence-corrected chi connectivity index (χ4v) is 3.66. The Morgan fingerprint density at radius 1 is 1.50 bits per heavy atom. The molecule has 2 heterocycles. The fraction of sp³-hybridized carbons (Fsp3) is 0.700. The van der Waals surface area contributed by atoms with Gasteiger partial charge in [0, 0.05) is 44.5 Å². The predicted octanol–water partition coefficient (Wildman–Crippen LogP) is -0.266. The second-order valence-corrected chi connectivity index (χ2v) is 6.97. The van der Waals surface area contributed by atoms with Crippen molar-refractivity contribution in [2.45, 2.75) is 13.3 Å². The quantitative estimate of drug-likeness (QED) is 0.783. The van der Waals surface area contributed by atoms with Crippen LogP contribution in [0.3, 0.4) is 0 Å². The number of hydrogen-bond acceptors (Lipinski definition) is 5. The van der Waals surface area contributed by atoms with Gasteiger partial charge in [-0.15, -0.1) is 11.3 Å². The standard InChI is InChI=1S/C10H18N4O2S2/c1-9-13-10(8-17-9)2-3-12-18(15,16)14-6-4-11-5-7-14/h8,11-12H,2-7H2,1H3. The lowest BCUT2D eigenvalue weighted by molar-refractivity contribution is 0.355. The Labute approximate surface area is 112 Å². The van der Waals surface area contributed by atoms with Crippen molar-refractivity contribution in [2.75, 3.05) is 32.7 Å². The molecule has 2 N–H and O–H groups in total. The van der Waals surface area contributed by atoms with Crippen LogP contribution in [0.5, 0.6) is 0 Å². The second-order valence-electron chi connectivity index (χ2n) is 4.16. The summed E-state index contributed by atoms with van der Waals surface area (Å²) in [5, 5.41) is 6.10. The summed E-state index contributed by atoms with van der Waals surface area (Å²) in [7, 11) is -3.33. The minimum Gasteiger partial charge on any atom is -0.314 e. The molecule has 0 radical (unpaired) electrons. The first-order valence-electron chi connectivity index (χ1n) is 5.94. The van der Waals surface area contributed by atoms with E-state index in [0.717, 1.165) is 10.7 Å². The molecule has 2 rings (SSSR count). The molecule has 0 unspecified atom stereocenters. The zero-order valence-electron chi connectivity index (χ0n) is 10.3. The Morgan fingerprint density at radius 2 is 2.22 bits per heavy atom. The monoisotopic (exact) mass is 290 g/mol. The molecule has 6 nitrogen and oxygen atoms in total. The molecule has 0 amide bonds. The summed E-state index contributed by atoms with van der Waals surface area (Å²) in [6.07, 6.45) is 0.635. The van der Waals surface area contributed by atoms with Gasteiger partial charge in [-0.1, -0.05) is 0 Å². The minimum atomic E-state index is -3.33. The maximum Gasteiger partial charge on any atom is 0.279 e. The third-order valence-corrected chi connectivity index (χ3v) is 5.18. The molecule has 8 heteroatoms. The van der Waals surface area contributed by atoms with Crippen LogP contribution in [0.4, 0.5) is 0 Å². The van der Waals surface area contributed by atoms with Crippen LogP contribution >= 0.6 is 11.3 Å². The van der Waals surface area contributed by atoms with Gasteiger partial charge in [0.2, 0.25) is 0 Å². The first kappa shape index (κ1) is 13.9. The van der Waals surface area contributed by atoms with Crippen LogP contribution in [0.25, 0.3) is 0 Å². The van der Waals surface area contributed by atoms with Crippen molar-refractivity contribution in [2.24, 2.45) is 0 Å². The van der Waals surface area contributed by atoms with E-state index in [2.05, 4.69) is 15.0 Å². The molecule has 1 aliphatic heterocycles. The van der Waals surface area contributed by atoms with Crippen LogP contribution < -0.4 is 10.0 Å². The summed E-state index contributed by atoms with van der Waals surface area (Å²) in [6.45, 7) is 4.84. The van der Waals surface area contributed by atoms with E-state index in [9.17, 15) is 8.42 Å². The molecule has 0 aromatic carbocycles. The number of nitrogens with zero attached hydrogens (tertiary/aromatic N) is 2. The van der Waals surface area contributed by atoms with Crippen LogP contribution in [0.15, 0.2) is 5.38 Å². The predicted molar refractivity (Wildman–Crippen MR) is 71.9 cm³/mol. The SMILES string of the molecule is Cc1nc(CCNS(=O)(=O)N2CCNCC2)cs1. The van der Waals surface area contributed by atoms with Crippen LogP contribution in [0.1, 0.15) is 10.7 Å². The Bertz CT molecular complexity index is 480. The molecule has 0 aliphatic carbocycles. The van der Waals surface area contributed by atoms with Gasteiger partial charge in [0.05, 0.1) is 10.7 Å². The van der Waals surface area contributed by atoms with Crippen molar-refractivity contribution in [3.05, 3.63) is 16.1 Å². The molecule has 1 aromatic rings. The van der Waals surface area contributed by atoms with Gasteiger partial charge in [-0.3, -0.25) is 0 Å². The molecule has 1 fully saturated rings. The lowest BCUT2D eigenvalue weighted by Crippen LogP contribution is -2.50. The minimum absolute atomic E-state index is 0.398. The first-order valence-corrected chi connectivity index (χ1v) is 8.26. The van der Waals surface area contributed by atoms with Gasteiger partial charge in [0.15, 0.2) is 0 Å². The van der Waals surface area contributed by atoms with E-state index >= 15 is 0 Å². The number of aromatic nitrogens is 1. The summed E-state index contributed by atoms with van der Waals surface area (Å²) in [5.41, 5.74) is 0.945. The highest BCUT2D eigenvalue weighted by molar-refractivity contribution is 7.87. The van der Waals surface area contributed by atoms with Crippen molar-refractivity contribution in [1.29, 1.82) is 0 Å². The number of thiazole rings is 1. The van der Waals surface area contributed by atoms with E-state index in [1.807, 2.05) is 12.3 Å². The van der Waals surface area contributed by atoms with Crippen molar-refractivity contribution < 1.29 is 8.42 Å². The maximum absolute atomic E-state index is 12.0. The topological polar surface area (TPSA) is 74.3 Å². The third-order valence-electron chi connectivity index (χ3n) is 2.75. The highest BCUT2D eigenvalue weighted by Gasteiger charge is 2.22. The second kappa shape index (κ2) is 6.07. The van der Waals surface area contributed by atoms with Gasteiger partial charge in [0.1, 0.15) is 0 Å². The normalized spacial score (nSPS) is 18.1. The lowest BCUT2D eigenvalue weighted by Gasteiger charge is -2.26. The summed E-state index contributed by atoms with van der Waals surface area (Å²) >= 11 is 1.58. The Balaban J connectivity index is 1.81. The number of piperazine rings is 1. The van der Waals surface area contributed by atoms with E-state index < -0.39 is 10.2 Å². The summed E-state index contributed by atoms with van der Waals surface area (Å²) < 4.78 is 28.0. The zero-order chi connectivity index (χ0) is 13.0. The average Bonchev–Trinajstić information content (AvgIpc) is 2.76. The highest BCUT2D eigenvalue weighted by atomic mass is 32.2. The molecule has 18 heavy (non-hydrogen) atoms. The smallest absolute Gasteiger partial charge is 0.279 e. The maximum atomic E-state index is 12.0. The van der Waals surface area contributed by atoms with Crippen LogP contribution in [-0.4, -0.2) is 50.4 Å². The van der Waals surface area contributed by atoms with Gasteiger partial charge < -0.3 is 5.32 Å². The lowest BCUT2D eigenvalue weighted by atomic mass is 10.3. The molecular weight excluding hydrogens is 272 g/mol. The van der Waals surface area contributed by atoms with Crippen molar-refractivity contribution in [3.63, 3.8) is 0 Å². The first-order chi connectivity index (χ1) is 8.58. The number of nitrogens with one attached hydrogen (secondary N) is 2. The largest absolute Gasteiger partial charge is 0.314 e. The van der Waals surface area contributed by atoms with Crippen LogP contribution in [0.2, 0.25) is 0 Å². The van der Waals surface area contributed by atoms with Gasteiger partial charge in [-0.05, 0) is 6.92 Å². The molecule has 1 aliphatic rings. The Morgan fingerprint density at radius 3 is 2.83 bits per heavy atom. The third kappa shape index (κ3) is 3.72. The zero-order valence-corrected chi connectivity index (χ0v) is 12.0. The van der Waals surface area contributed by atoms with Crippen molar-refractivity contribution in [1.82, 2.24) is 19.3 Å². The van der Waals surface area contributed by atoms with Crippen LogP contribution in [0, 0.1) is 6.92 Å². The van der Waals surface area contributed by atoms with E-state index in [0.29, 0.717) is 39.1 Å².